The van der Waals surface area contributed by atoms with Crippen molar-refractivity contribution in [1.29, 1.82) is 5.26 Å². The number of benzene rings is 2. The van der Waals surface area contributed by atoms with Crippen molar-refractivity contribution in [2.24, 2.45) is 0 Å². The summed E-state index contributed by atoms with van der Waals surface area (Å²) < 4.78 is 11.6. The molecule has 228 valence electrons. The zero-order valence-corrected chi connectivity index (χ0v) is 24.7. The van der Waals surface area contributed by atoms with Crippen LogP contribution in [0.2, 0.25) is 5.02 Å². The third-order valence-electron chi connectivity index (χ3n) is 7.94. The minimum atomic E-state index is -1.46. The van der Waals surface area contributed by atoms with E-state index in [0.717, 1.165) is 30.5 Å². The van der Waals surface area contributed by atoms with Crippen LogP contribution in [0.25, 0.3) is 0 Å². The van der Waals surface area contributed by atoms with Crippen molar-refractivity contribution >= 4 is 17.5 Å². The Morgan fingerprint density at radius 2 is 1.90 bits per heavy atom. The van der Waals surface area contributed by atoms with E-state index in [1.807, 2.05) is 43.0 Å². The number of hydrogen-bond acceptors (Lipinski definition) is 9. The fraction of sp³-hybridized carbons (Fsp3) is 0.548. The lowest BCUT2D eigenvalue weighted by Gasteiger charge is -2.40. The third kappa shape index (κ3) is 7.99. The number of carbonyl (C=O) groups excluding carboxylic acids is 1. The molecule has 1 amide bonds. The van der Waals surface area contributed by atoms with E-state index in [2.05, 4.69) is 11.4 Å². The molecule has 10 nitrogen and oxygen atoms in total. The van der Waals surface area contributed by atoms with Gasteiger partial charge >= 0.3 is 0 Å². The van der Waals surface area contributed by atoms with Gasteiger partial charge in [0.25, 0.3) is 0 Å². The second kappa shape index (κ2) is 14.1. The maximum Gasteiger partial charge on any atom is 0.234 e. The number of aliphatic hydroxyl groups excluding tert-OH is 4. The van der Waals surface area contributed by atoms with Gasteiger partial charge in [0.1, 0.15) is 36.3 Å². The van der Waals surface area contributed by atoms with Gasteiger partial charge in [0.15, 0.2) is 0 Å². The molecule has 0 bridgehead atoms. The van der Waals surface area contributed by atoms with Crippen molar-refractivity contribution < 1.29 is 34.7 Å². The van der Waals surface area contributed by atoms with Gasteiger partial charge < -0.3 is 35.2 Å². The predicted molar refractivity (Wildman–Crippen MR) is 156 cm³/mol. The molecule has 2 aromatic rings. The summed E-state index contributed by atoms with van der Waals surface area (Å²) in [6.45, 7) is 4.80. The zero-order valence-electron chi connectivity index (χ0n) is 23.9. The lowest BCUT2D eigenvalue weighted by Crippen LogP contribution is -2.55. The second-order valence-corrected chi connectivity index (χ2v) is 12.1. The molecule has 0 saturated carbocycles. The molecule has 5 N–H and O–H groups in total. The Bertz CT molecular complexity index is 1250. The van der Waals surface area contributed by atoms with E-state index >= 15 is 0 Å². The Morgan fingerprint density at radius 3 is 2.60 bits per heavy atom. The standard InChI is InChI=1S/C31H40ClN3O7/c1-31(2,34-26(37)17-35-12-3-4-22(35)16-33)11-13-41-23-8-5-19(6-9-23)14-21-15-20(7-10-24(21)32)30-29(40)28(39)27(38)25(18-36)42-30/h5-10,15,22,25,27-30,36,38-40H,3-4,11-14,17-18H2,1-2H3,(H,34,37)/t22-,25+,27+,28-,29+,30-/m0/s1. The number of aliphatic hydroxyl groups is 4. The van der Waals surface area contributed by atoms with E-state index in [1.165, 1.54) is 0 Å². The highest BCUT2D eigenvalue weighted by molar-refractivity contribution is 6.31. The zero-order chi connectivity index (χ0) is 30.4. The molecule has 2 aliphatic heterocycles. The van der Waals surface area contributed by atoms with Crippen LogP contribution in [0.15, 0.2) is 42.5 Å². The number of likely N-dealkylation sites (tertiary alicyclic amines) is 1. The first-order valence-electron chi connectivity index (χ1n) is 14.3. The summed E-state index contributed by atoms with van der Waals surface area (Å²) in [6, 6.07) is 14.8. The first-order valence-corrected chi connectivity index (χ1v) is 14.6. The quantitative estimate of drug-likeness (QED) is 0.260. The first-order chi connectivity index (χ1) is 20.0. The molecule has 2 aromatic carbocycles. The van der Waals surface area contributed by atoms with Gasteiger partial charge in [0.05, 0.1) is 31.9 Å². The number of ether oxygens (including phenoxy) is 2. The summed E-state index contributed by atoms with van der Waals surface area (Å²) in [6.07, 6.45) is -3.34. The normalized spacial score (nSPS) is 26.5. The van der Waals surface area contributed by atoms with E-state index in [0.29, 0.717) is 35.8 Å². The predicted octanol–water partition coefficient (Wildman–Crippen LogP) is 2.10. The Balaban J connectivity index is 1.29. The molecule has 2 fully saturated rings. The first kappa shape index (κ1) is 32.2. The minimum absolute atomic E-state index is 0.0965. The van der Waals surface area contributed by atoms with Gasteiger partial charge in [-0.1, -0.05) is 35.9 Å². The molecule has 2 aliphatic rings. The summed E-state index contributed by atoms with van der Waals surface area (Å²) >= 11 is 6.47. The lowest BCUT2D eigenvalue weighted by molar-refractivity contribution is -0.231. The fourth-order valence-corrected chi connectivity index (χ4v) is 5.64. The van der Waals surface area contributed by atoms with Crippen molar-refractivity contribution in [2.45, 2.75) is 81.6 Å². The van der Waals surface area contributed by atoms with Crippen LogP contribution in [0, 0.1) is 11.3 Å². The fourth-order valence-electron chi connectivity index (χ4n) is 5.46. The number of amides is 1. The van der Waals surface area contributed by atoms with Gasteiger partial charge in [-0.2, -0.15) is 5.26 Å². The Kier molecular flexibility index (Phi) is 10.8. The van der Waals surface area contributed by atoms with Crippen LogP contribution in [0.5, 0.6) is 5.75 Å². The Labute approximate surface area is 251 Å². The van der Waals surface area contributed by atoms with E-state index in [-0.39, 0.29) is 18.5 Å². The molecule has 0 unspecified atom stereocenters. The van der Waals surface area contributed by atoms with E-state index in [9.17, 15) is 30.5 Å². The molecule has 0 aliphatic carbocycles. The second-order valence-electron chi connectivity index (χ2n) is 11.7. The maximum atomic E-state index is 12.5. The molecule has 2 heterocycles. The van der Waals surface area contributed by atoms with Crippen molar-refractivity contribution in [3.8, 4) is 11.8 Å². The molecular formula is C31H40ClN3O7. The number of nitrogens with zero attached hydrogens (tertiary/aromatic N) is 2. The van der Waals surface area contributed by atoms with Crippen LogP contribution in [-0.2, 0) is 16.0 Å². The minimum Gasteiger partial charge on any atom is -0.494 e. The van der Waals surface area contributed by atoms with Gasteiger partial charge in [0, 0.05) is 23.5 Å². The SMILES string of the molecule is CC(C)(CCOc1ccc(Cc2cc([C@@H]3O[C@H](CO)[C@@H](O)[C@H](O)[C@H]3O)ccc2Cl)cc1)NC(=O)CN1CCC[C@H]1C#N. The number of rotatable bonds is 11. The van der Waals surface area contributed by atoms with Crippen molar-refractivity contribution in [1.82, 2.24) is 10.2 Å². The molecule has 11 heteroatoms. The van der Waals surface area contributed by atoms with Crippen LogP contribution in [0.1, 0.15) is 55.9 Å². The highest BCUT2D eigenvalue weighted by atomic mass is 35.5. The topological polar surface area (TPSA) is 156 Å². The molecule has 0 spiro atoms. The largest absolute Gasteiger partial charge is 0.494 e. The molecule has 4 rings (SSSR count). The number of halogens is 1. The van der Waals surface area contributed by atoms with E-state index < -0.39 is 42.7 Å². The smallest absolute Gasteiger partial charge is 0.234 e. The third-order valence-corrected chi connectivity index (χ3v) is 8.31. The monoisotopic (exact) mass is 601 g/mol. The summed E-state index contributed by atoms with van der Waals surface area (Å²) in [5.74, 6) is 0.594. The number of carbonyl (C=O) groups is 1. The van der Waals surface area contributed by atoms with Crippen LogP contribution in [-0.4, -0.2) is 93.5 Å². The van der Waals surface area contributed by atoms with E-state index in [1.54, 1.807) is 18.2 Å². The lowest BCUT2D eigenvalue weighted by atomic mass is 9.90. The average Bonchev–Trinajstić information content (AvgIpc) is 3.40. The average molecular weight is 602 g/mol. The van der Waals surface area contributed by atoms with Gasteiger partial charge in [-0.3, -0.25) is 9.69 Å². The number of nitriles is 1. The Morgan fingerprint density at radius 1 is 1.17 bits per heavy atom. The number of nitrogens with one attached hydrogen (secondary N) is 1. The maximum absolute atomic E-state index is 12.5. The van der Waals surface area contributed by atoms with E-state index in [4.69, 9.17) is 21.1 Å². The van der Waals surface area contributed by atoms with Gasteiger partial charge in [-0.15, -0.1) is 0 Å². The van der Waals surface area contributed by atoms with Crippen LogP contribution in [0.4, 0.5) is 0 Å². The van der Waals surface area contributed by atoms with Gasteiger partial charge in [-0.25, -0.2) is 0 Å². The summed E-state index contributed by atoms with van der Waals surface area (Å²) in [5.41, 5.74) is 1.86. The van der Waals surface area contributed by atoms with Crippen LogP contribution < -0.4 is 10.1 Å². The Hall–Kier alpha value is -2.75. The summed E-state index contributed by atoms with van der Waals surface area (Å²) in [5, 5.41) is 53.1. The highest BCUT2D eigenvalue weighted by Crippen LogP contribution is 2.34. The van der Waals surface area contributed by atoms with Crippen molar-refractivity contribution in [3.05, 3.63) is 64.2 Å². The molecule has 0 aromatic heterocycles. The molecule has 6 atom stereocenters. The van der Waals surface area contributed by atoms with Crippen LogP contribution in [0.3, 0.4) is 0 Å². The molecule has 2 saturated heterocycles. The van der Waals surface area contributed by atoms with Gasteiger partial charge in [0.2, 0.25) is 5.91 Å². The summed E-state index contributed by atoms with van der Waals surface area (Å²) in [4.78, 5) is 14.5. The van der Waals surface area contributed by atoms with Crippen molar-refractivity contribution in [3.63, 3.8) is 0 Å². The van der Waals surface area contributed by atoms with Crippen molar-refractivity contribution in [2.75, 3.05) is 26.3 Å². The van der Waals surface area contributed by atoms with Gasteiger partial charge in [-0.05, 0) is 68.0 Å². The molecule has 42 heavy (non-hydrogen) atoms. The summed E-state index contributed by atoms with van der Waals surface area (Å²) in [7, 11) is 0. The molecular weight excluding hydrogens is 562 g/mol. The van der Waals surface area contributed by atoms with Crippen LogP contribution >= 0.6 is 11.6 Å². The highest BCUT2D eigenvalue weighted by Gasteiger charge is 2.44. The number of hydrogen-bond donors (Lipinski definition) is 5. The molecule has 0 radical (unpaired) electrons.